The van der Waals surface area contributed by atoms with E-state index in [2.05, 4.69) is 15.3 Å². The lowest BCUT2D eigenvalue weighted by Gasteiger charge is -2.24. The topological polar surface area (TPSA) is 80.1 Å². The maximum Gasteiger partial charge on any atom is 0.256 e. The molecule has 1 aromatic rings. The van der Waals surface area contributed by atoms with Gasteiger partial charge in [0.15, 0.2) is 5.17 Å². The van der Waals surface area contributed by atoms with E-state index in [9.17, 15) is 9.59 Å². The first-order valence-corrected chi connectivity index (χ1v) is 8.91. The van der Waals surface area contributed by atoms with Gasteiger partial charge in [-0.15, -0.1) is 0 Å². The number of hydrogen-bond acceptors (Lipinski definition) is 5. The van der Waals surface area contributed by atoms with Crippen molar-refractivity contribution in [3.05, 3.63) is 24.3 Å². The van der Waals surface area contributed by atoms with Crippen LogP contribution in [0.4, 0.5) is 5.69 Å². The van der Waals surface area contributed by atoms with Crippen LogP contribution in [0.1, 0.15) is 25.7 Å². The van der Waals surface area contributed by atoms with Gasteiger partial charge in [-0.05, 0) is 31.4 Å². The van der Waals surface area contributed by atoms with Gasteiger partial charge < -0.3 is 10.1 Å². The molecule has 6 nitrogen and oxygen atoms in total. The molecule has 1 atom stereocenters. The first-order valence-electron chi connectivity index (χ1n) is 7.92. The van der Waals surface area contributed by atoms with Crippen LogP contribution in [0.2, 0.25) is 0 Å². The van der Waals surface area contributed by atoms with E-state index in [1.54, 1.807) is 25.3 Å². The van der Waals surface area contributed by atoms with Crippen molar-refractivity contribution in [1.29, 1.82) is 0 Å². The molecule has 2 aliphatic rings. The van der Waals surface area contributed by atoms with Crippen LogP contribution in [0.5, 0.6) is 5.75 Å². The summed E-state index contributed by atoms with van der Waals surface area (Å²) in [5, 5.41) is 3.19. The van der Waals surface area contributed by atoms with E-state index in [1.807, 2.05) is 6.07 Å². The zero-order valence-corrected chi connectivity index (χ0v) is 14.3. The second-order valence-electron chi connectivity index (χ2n) is 5.70. The van der Waals surface area contributed by atoms with Gasteiger partial charge in [-0.3, -0.25) is 9.59 Å². The molecule has 1 aliphatic carbocycles. The largest absolute Gasteiger partial charge is 0.497 e. The third-order valence-corrected chi connectivity index (χ3v) is 4.85. The number of carbonyl (C=O) groups is 2. The molecule has 1 fully saturated rings. The van der Waals surface area contributed by atoms with Crippen LogP contribution in [0.25, 0.3) is 0 Å². The van der Waals surface area contributed by atoms with Gasteiger partial charge in [-0.2, -0.15) is 4.99 Å². The maximum absolute atomic E-state index is 12.1. The van der Waals surface area contributed by atoms with Gasteiger partial charge in [0.05, 0.1) is 18.8 Å². The number of amidine groups is 1. The summed E-state index contributed by atoms with van der Waals surface area (Å²) in [6, 6.07) is 7.15. The number of fused-ring (bicyclic) bond motifs is 1. The quantitative estimate of drug-likeness (QED) is 0.910. The van der Waals surface area contributed by atoms with Crippen LogP contribution in [-0.4, -0.2) is 35.6 Å². The number of aliphatic imine (C=N–C) groups is 2. The number of hydrogen-bond donors (Lipinski definition) is 1. The SMILES string of the molecule is COc1cccc(NC(=O)CSC2=NC(=O)C3CCCCC3=N2)c1. The second kappa shape index (κ2) is 7.61. The predicted molar refractivity (Wildman–Crippen MR) is 95.9 cm³/mol. The van der Waals surface area contributed by atoms with E-state index >= 15 is 0 Å². The van der Waals surface area contributed by atoms with Crippen molar-refractivity contribution in [1.82, 2.24) is 0 Å². The molecule has 0 bridgehead atoms. The first kappa shape index (κ1) is 16.7. The van der Waals surface area contributed by atoms with Crippen LogP contribution >= 0.6 is 11.8 Å². The number of anilines is 1. The molecule has 1 aliphatic heterocycles. The molecule has 0 spiro atoms. The lowest BCUT2D eigenvalue weighted by atomic mass is 9.86. The second-order valence-corrected chi connectivity index (χ2v) is 6.65. The minimum Gasteiger partial charge on any atom is -0.497 e. The Morgan fingerprint density at radius 2 is 2.25 bits per heavy atom. The molecule has 126 valence electrons. The van der Waals surface area contributed by atoms with E-state index < -0.39 is 0 Å². The number of carbonyl (C=O) groups excluding carboxylic acids is 2. The summed E-state index contributed by atoms with van der Waals surface area (Å²) in [5.74, 6) is 0.418. The summed E-state index contributed by atoms with van der Waals surface area (Å²) >= 11 is 1.19. The standard InChI is InChI=1S/C17H19N3O3S/c1-23-12-6-4-5-11(9-12)18-15(21)10-24-17-19-14-8-3-2-7-13(14)16(22)20-17/h4-6,9,13H,2-3,7-8,10H2,1H3,(H,18,21). The van der Waals surface area contributed by atoms with Crippen molar-refractivity contribution < 1.29 is 14.3 Å². The molecule has 0 aromatic heterocycles. The van der Waals surface area contributed by atoms with E-state index in [0.29, 0.717) is 16.6 Å². The molecule has 1 heterocycles. The summed E-state index contributed by atoms with van der Waals surface area (Å²) < 4.78 is 5.12. The Morgan fingerprint density at radius 1 is 1.38 bits per heavy atom. The fraction of sp³-hybridized carbons (Fsp3) is 0.412. The highest BCUT2D eigenvalue weighted by atomic mass is 32.2. The van der Waals surface area contributed by atoms with Crippen molar-refractivity contribution in [3.8, 4) is 5.75 Å². The highest BCUT2D eigenvalue weighted by Crippen LogP contribution is 2.27. The zero-order valence-electron chi connectivity index (χ0n) is 13.4. The van der Waals surface area contributed by atoms with Gasteiger partial charge in [0.25, 0.3) is 5.91 Å². The molecule has 7 heteroatoms. The molecule has 0 radical (unpaired) electrons. The van der Waals surface area contributed by atoms with Gasteiger partial charge in [0.1, 0.15) is 5.75 Å². The van der Waals surface area contributed by atoms with Gasteiger partial charge in [-0.25, -0.2) is 4.99 Å². The van der Waals surface area contributed by atoms with Crippen molar-refractivity contribution >= 4 is 40.1 Å². The molecule has 0 saturated heterocycles. The Morgan fingerprint density at radius 3 is 3.08 bits per heavy atom. The number of nitrogens with zero attached hydrogens (tertiary/aromatic N) is 2. The van der Waals surface area contributed by atoms with Crippen molar-refractivity contribution in [2.45, 2.75) is 25.7 Å². The maximum atomic E-state index is 12.1. The number of nitrogens with one attached hydrogen (secondary N) is 1. The van der Waals surface area contributed by atoms with E-state index in [1.165, 1.54) is 11.8 Å². The van der Waals surface area contributed by atoms with Crippen LogP contribution in [0.3, 0.4) is 0 Å². The molecule has 24 heavy (non-hydrogen) atoms. The molecule has 1 aromatic carbocycles. The van der Waals surface area contributed by atoms with Crippen molar-refractivity contribution in [2.75, 3.05) is 18.2 Å². The fourth-order valence-electron chi connectivity index (χ4n) is 2.81. The molecule has 3 rings (SSSR count). The summed E-state index contributed by atoms with van der Waals surface area (Å²) in [4.78, 5) is 32.6. The molecule has 1 N–H and O–H groups in total. The molecule has 2 amide bonds. The predicted octanol–water partition coefficient (Wildman–Crippen LogP) is 2.89. The highest BCUT2D eigenvalue weighted by Gasteiger charge is 2.30. The van der Waals surface area contributed by atoms with Gasteiger partial charge in [0.2, 0.25) is 5.91 Å². The Labute approximate surface area is 144 Å². The van der Waals surface area contributed by atoms with Gasteiger partial charge in [0, 0.05) is 17.5 Å². The average Bonchev–Trinajstić information content (AvgIpc) is 2.60. The lowest BCUT2D eigenvalue weighted by molar-refractivity contribution is -0.120. The summed E-state index contributed by atoms with van der Waals surface area (Å²) in [7, 11) is 1.58. The van der Waals surface area contributed by atoms with Gasteiger partial charge in [-0.1, -0.05) is 24.2 Å². The monoisotopic (exact) mass is 345 g/mol. The van der Waals surface area contributed by atoms with Crippen LogP contribution < -0.4 is 10.1 Å². The Bertz CT molecular complexity index is 715. The number of methoxy groups -OCH3 is 1. The zero-order chi connectivity index (χ0) is 16.9. The number of ether oxygens (including phenoxy) is 1. The third kappa shape index (κ3) is 4.03. The summed E-state index contributed by atoms with van der Waals surface area (Å²) in [5.41, 5.74) is 1.59. The number of amides is 2. The van der Waals surface area contributed by atoms with Crippen LogP contribution in [0.15, 0.2) is 34.3 Å². The molecular weight excluding hydrogens is 326 g/mol. The summed E-state index contributed by atoms with van der Waals surface area (Å²) in [6.45, 7) is 0. The van der Waals surface area contributed by atoms with E-state index in [0.717, 1.165) is 31.4 Å². The highest BCUT2D eigenvalue weighted by molar-refractivity contribution is 8.14. The number of rotatable bonds is 4. The molecule has 1 saturated carbocycles. The molecular formula is C17H19N3O3S. The Kier molecular flexibility index (Phi) is 5.30. The fourth-order valence-corrected chi connectivity index (χ4v) is 3.48. The van der Waals surface area contributed by atoms with Gasteiger partial charge >= 0.3 is 0 Å². The Balaban J connectivity index is 1.56. The minimum atomic E-state index is -0.172. The normalized spacial score (nSPS) is 19.9. The van der Waals surface area contributed by atoms with Crippen molar-refractivity contribution in [3.63, 3.8) is 0 Å². The molecule has 1 unspecified atom stereocenters. The minimum absolute atomic E-state index is 0.115. The number of benzene rings is 1. The first-order chi connectivity index (χ1) is 11.7. The lowest BCUT2D eigenvalue weighted by Crippen LogP contribution is -2.30. The third-order valence-electron chi connectivity index (χ3n) is 4.01. The van der Waals surface area contributed by atoms with Crippen LogP contribution in [-0.2, 0) is 9.59 Å². The average molecular weight is 345 g/mol. The Hall–Kier alpha value is -2.15. The smallest absolute Gasteiger partial charge is 0.256 e. The summed E-state index contributed by atoms with van der Waals surface area (Å²) in [6.07, 6.45) is 3.81. The van der Waals surface area contributed by atoms with Crippen LogP contribution in [0, 0.1) is 5.92 Å². The van der Waals surface area contributed by atoms with E-state index in [-0.39, 0.29) is 23.5 Å². The van der Waals surface area contributed by atoms with E-state index in [4.69, 9.17) is 4.74 Å². The number of thioether (sulfide) groups is 1. The van der Waals surface area contributed by atoms with Crippen molar-refractivity contribution in [2.24, 2.45) is 15.9 Å².